The molecule has 0 saturated carbocycles. The Morgan fingerprint density at radius 2 is 2.14 bits per heavy atom. The Labute approximate surface area is 91.1 Å². The van der Waals surface area contributed by atoms with E-state index in [0.717, 1.165) is 5.56 Å². The summed E-state index contributed by atoms with van der Waals surface area (Å²) in [6, 6.07) is 5.32. The van der Waals surface area contributed by atoms with Crippen LogP contribution >= 0.6 is 23.2 Å². The molecule has 1 saturated heterocycles. The molecule has 4 nitrogen and oxygen atoms in total. The van der Waals surface area contributed by atoms with Crippen molar-refractivity contribution >= 4 is 29.2 Å². The summed E-state index contributed by atoms with van der Waals surface area (Å²) in [6.45, 7) is 0. The number of hydrogen-bond donors (Lipinski definition) is 3. The average Bonchev–Trinajstić information content (AvgIpc) is 2.89. The molecule has 1 aliphatic heterocycles. The van der Waals surface area contributed by atoms with E-state index in [1.807, 2.05) is 6.07 Å². The van der Waals surface area contributed by atoms with Gasteiger partial charge in [0.15, 0.2) is 0 Å². The van der Waals surface area contributed by atoms with Gasteiger partial charge in [-0.1, -0.05) is 29.3 Å². The van der Waals surface area contributed by atoms with Crippen LogP contribution in [0.3, 0.4) is 0 Å². The maximum Gasteiger partial charge on any atom is 0.205 e. The fourth-order valence-electron chi connectivity index (χ4n) is 1.21. The van der Waals surface area contributed by atoms with Gasteiger partial charge in [0.05, 0.1) is 10.0 Å². The van der Waals surface area contributed by atoms with Crippen molar-refractivity contribution in [2.75, 3.05) is 0 Å². The third kappa shape index (κ3) is 1.64. The summed E-state index contributed by atoms with van der Waals surface area (Å²) < 4.78 is 0. The van der Waals surface area contributed by atoms with Crippen LogP contribution in [0.5, 0.6) is 0 Å². The van der Waals surface area contributed by atoms with Crippen molar-refractivity contribution in [2.24, 2.45) is 5.73 Å². The molecule has 0 spiro atoms. The molecular weight excluding hydrogens is 223 g/mol. The fraction of sp³-hybridized carbons (Fsp3) is 0.125. The molecule has 2 rings (SSSR count). The molecular formula is C8H8Cl2N4. The minimum atomic E-state index is -0.0535. The van der Waals surface area contributed by atoms with Gasteiger partial charge in [-0.15, -0.1) is 0 Å². The van der Waals surface area contributed by atoms with E-state index in [1.165, 1.54) is 5.01 Å². The Bertz CT molecular complexity index is 393. The maximum absolute atomic E-state index is 7.17. The van der Waals surface area contributed by atoms with Crippen LogP contribution in [-0.4, -0.2) is 11.0 Å². The molecule has 0 aromatic heterocycles. The summed E-state index contributed by atoms with van der Waals surface area (Å²) in [5, 5.41) is 9.72. The molecule has 0 amide bonds. The minimum absolute atomic E-state index is 0.0129. The first kappa shape index (κ1) is 9.58. The van der Waals surface area contributed by atoms with Crippen LogP contribution in [0, 0.1) is 5.41 Å². The highest BCUT2D eigenvalue weighted by Gasteiger charge is 2.36. The minimum Gasteiger partial charge on any atom is -0.369 e. The van der Waals surface area contributed by atoms with Crippen molar-refractivity contribution in [3.05, 3.63) is 33.8 Å². The van der Waals surface area contributed by atoms with Crippen molar-refractivity contribution in [2.45, 2.75) is 6.17 Å². The number of rotatable bonds is 1. The van der Waals surface area contributed by atoms with E-state index in [1.54, 1.807) is 12.1 Å². The third-order valence-electron chi connectivity index (χ3n) is 1.97. The lowest BCUT2D eigenvalue weighted by Gasteiger charge is -2.01. The van der Waals surface area contributed by atoms with Crippen LogP contribution in [0.1, 0.15) is 11.7 Å². The largest absolute Gasteiger partial charge is 0.369 e. The highest BCUT2D eigenvalue weighted by molar-refractivity contribution is 6.42. The Hall–Kier alpha value is -0.970. The van der Waals surface area contributed by atoms with Crippen LogP contribution in [0.25, 0.3) is 0 Å². The summed E-state index contributed by atoms with van der Waals surface area (Å²) in [6.07, 6.45) is -0.0535. The molecule has 1 heterocycles. The van der Waals surface area contributed by atoms with E-state index in [2.05, 4.69) is 5.43 Å². The van der Waals surface area contributed by atoms with Crippen molar-refractivity contribution in [3.8, 4) is 0 Å². The topological polar surface area (TPSA) is 74.8 Å². The van der Waals surface area contributed by atoms with Gasteiger partial charge in [0, 0.05) is 0 Å². The fourth-order valence-corrected chi connectivity index (χ4v) is 1.52. The first-order valence-electron chi connectivity index (χ1n) is 3.94. The average molecular weight is 231 g/mol. The van der Waals surface area contributed by atoms with Crippen LogP contribution in [0.15, 0.2) is 18.2 Å². The van der Waals surface area contributed by atoms with E-state index in [9.17, 15) is 0 Å². The molecule has 1 aromatic carbocycles. The van der Waals surface area contributed by atoms with E-state index >= 15 is 0 Å². The van der Waals surface area contributed by atoms with Gasteiger partial charge in [-0.25, -0.2) is 5.43 Å². The molecule has 0 radical (unpaired) electrons. The van der Waals surface area contributed by atoms with Gasteiger partial charge in [-0.3, -0.25) is 10.4 Å². The number of nitrogens with two attached hydrogens (primary N) is 1. The highest BCUT2D eigenvalue weighted by Crippen LogP contribution is 2.31. The Morgan fingerprint density at radius 3 is 2.64 bits per heavy atom. The SMILES string of the molecule is N=C(N)N1NC1c1ccc(Cl)c(Cl)c1. The molecule has 1 fully saturated rings. The second-order valence-corrected chi connectivity index (χ2v) is 3.77. The number of nitrogens with one attached hydrogen (secondary N) is 2. The summed E-state index contributed by atoms with van der Waals surface area (Å²) in [5.41, 5.74) is 9.13. The zero-order valence-corrected chi connectivity index (χ0v) is 8.60. The van der Waals surface area contributed by atoms with Crippen LogP contribution < -0.4 is 11.2 Å². The summed E-state index contributed by atoms with van der Waals surface area (Å²) in [7, 11) is 0. The van der Waals surface area contributed by atoms with Gasteiger partial charge >= 0.3 is 0 Å². The number of hydrazine groups is 1. The van der Waals surface area contributed by atoms with Gasteiger partial charge < -0.3 is 5.73 Å². The van der Waals surface area contributed by atoms with E-state index in [0.29, 0.717) is 10.0 Å². The van der Waals surface area contributed by atoms with Crippen molar-refractivity contribution < 1.29 is 0 Å². The lowest BCUT2D eigenvalue weighted by atomic mass is 10.2. The van der Waals surface area contributed by atoms with Gasteiger partial charge in [0.1, 0.15) is 6.17 Å². The molecule has 1 aromatic rings. The zero-order chi connectivity index (χ0) is 10.3. The quantitative estimate of drug-likeness (QED) is 0.391. The van der Waals surface area contributed by atoms with Gasteiger partial charge in [-0.05, 0) is 17.7 Å². The van der Waals surface area contributed by atoms with Crippen LogP contribution in [-0.2, 0) is 0 Å². The Morgan fingerprint density at radius 1 is 1.43 bits per heavy atom. The van der Waals surface area contributed by atoms with Crippen molar-refractivity contribution in [3.63, 3.8) is 0 Å². The lowest BCUT2D eigenvalue weighted by Crippen LogP contribution is -2.22. The normalized spacial score (nSPS) is 19.6. The van der Waals surface area contributed by atoms with E-state index in [-0.39, 0.29) is 12.1 Å². The lowest BCUT2D eigenvalue weighted by molar-refractivity contribution is 0.707. The number of halogens is 2. The van der Waals surface area contributed by atoms with Crippen LogP contribution in [0.2, 0.25) is 10.0 Å². The number of guanidine groups is 1. The van der Waals surface area contributed by atoms with Gasteiger partial charge in [0.25, 0.3) is 0 Å². The second-order valence-electron chi connectivity index (χ2n) is 2.96. The first-order chi connectivity index (χ1) is 6.59. The first-order valence-corrected chi connectivity index (χ1v) is 4.69. The summed E-state index contributed by atoms with van der Waals surface area (Å²) in [4.78, 5) is 0. The van der Waals surface area contributed by atoms with E-state index in [4.69, 9.17) is 34.3 Å². The molecule has 0 bridgehead atoms. The maximum atomic E-state index is 7.17. The number of nitrogens with zero attached hydrogens (tertiary/aromatic N) is 1. The zero-order valence-electron chi connectivity index (χ0n) is 7.09. The molecule has 1 aliphatic rings. The van der Waals surface area contributed by atoms with Crippen LogP contribution in [0.4, 0.5) is 0 Å². The molecule has 74 valence electrons. The Kier molecular flexibility index (Phi) is 2.26. The number of benzene rings is 1. The van der Waals surface area contributed by atoms with Crippen molar-refractivity contribution in [1.82, 2.24) is 10.4 Å². The number of hydrogen-bond acceptors (Lipinski definition) is 2. The smallest absolute Gasteiger partial charge is 0.205 e. The summed E-state index contributed by atoms with van der Waals surface area (Å²) >= 11 is 11.6. The molecule has 4 N–H and O–H groups in total. The Balaban J connectivity index is 2.20. The predicted molar refractivity (Wildman–Crippen MR) is 56.1 cm³/mol. The van der Waals surface area contributed by atoms with Crippen molar-refractivity contribution in [1.29, 1.82) is 5.41 Å². The van der Waals surface area contributed by atoms with Gasteiger partial charge in [0.2, 0.25) is 5.96 Å². The molecule has 14 heavy (non-hydrogen) atoms. The second kappa shape index (κ2) is 3.31. The van der Waals surface area contributed by atoms with Gasteiger partial charge in [-0.2, -0.15) is 0 Å². The summed E-state index contributed by atoms with van der Waals surface area (Å²) in [5.74, 6) is -0.0129. The standard InChI is InChI=1S/C8H8Cl2N4/c9-5-2-1-4(3-6(5)10)7-13-14(7)8(11)12/h1-3,7,13H,(H3,11,12). The van der Waals surface area contributed by atoms with E-state index < -0.39 is 0 Å². The third-order valence-corrected chi connectivity index (χ3v) is 2.71. The predicted octanol–water partition coefficient (Wildman–Crippen LogP) is 1.71. The molecule has 1 unspecified atom stereocenters. The monoisotopic (exact) mass is 230 g/mol. The molecule has 0 aliphatic carbocycles. The molecule has 6 heteroatoms. The highest BCUT2D eigenvalue weighted by atomic mass is 35.5. The molecule has 1 atom stereocenters.